The fourth-order valence-corrected chi connectivity index (χ4v) is 4.32. The second-order valence-corrected chi connectivity index (χ2v) is 9.69. The van der Waals surface area contributed by atoms with E-state index in [0.717, 1.165) is 0 Å². The topological polar surface area (TPSA) is 283 Å². The second kappa shape index (κ2) is 21.2. The molecule has 6 rings (SSSR count). The SMILES string of the molecule is C=Nc1nc(N=Nc2c(O)ccc3cc(OOOS)ccc23)[n-]c1C#N.N#Cc1nc(N=Nc2c(O)ccc3cc(OOOS)ccc23)[n-]c1C#N.[CH3-].[CH3-].[Ni]. The van der Waals surface area contributed by atoms with Gasteiger partial charge in [-0.1, -0.05) is 12.1 Å². The first-order valence-electron chi connectivity index (χ1n) is 13.7. The molecule has 0 aliphatic rings. The first-order valence-corrected chi connectivity index (χ1v) is 14.5. The van der Waals surface area contributed by atoms with Crippen LogP contribution >= 0.6 is 25.8 Å². The Labute approximate surface area is 332 Å². The van der Waals surface area contributed by atoms with Crippen LogP contribution in [0.2, 0.25) is 0 Å². The summed E-state index contributed by atoms with van der Waals surface area (Å²) in [6, 6.07) is 21.1. The van der Waals surface area contributed by atoms with Crippen molar-refractivity contribution in [3.05, 3.63) is 92.6 Å². The predicted molar refractivity (Wildman–Crippen MR) is 194 cm³/mol. The van der Waals surface area contributed by atoms with Crippen molar-refractivity contribution in [3.63, 3.8) is 0 Å². The van der Waals surface area contributed by atoms with Gasteiger partial charge in [0.2, 0.25) is 0 Å². The van der Waals surface area contributed by atoms with E-state index in [1.54, 1.807) is 60.7 Å². The quantitative estimate of drug-likeness (QED) is 0.0143. The number of benzene rings is 4. The van der Waals surface area contributed by atoms with E-state index < -0.39 is 0 Å². The Hall–Kier alpha value is -6.61. The molecule has 55 heavy (non-hydrogen) atoms. The van der Waals surface area contributed by atoms with Gasteiger partial charge in [-0.15, -0.1) is 8.67 Å². The number of aromatic hydroxyl groups is 2. The summed E-state index contributed by atoms with van der Waals surface area (Å²) in [7, 11) is 0. The molecule has 2 aromatic heterocycles. The molecule has 0 amide bonds. The van der Waals surface area contributed by atoms with Gasteiger partial charge in [0.25, 0.3) is 0 Å². The van der Waals surface area contributed by atoms with Gasteiger partial charge in [-0.25, -0.2) is 10.2 Å². The zero-order chi connectivity index (χ0) is 37.0. The molecule has 0 saturated heterocycles. The van der Waals surface area contributed by atoms with E-state index in [2.05, 4.69) is 96.7 Å². The maximum atomic E-state index is 10.1. The number of phenolic OH excluding ortho intramolecular Hbond substituents is 2. The van der Waals surface area contributed by atoms with Crippen LogP contribution in [0.15, 0.2) is 86.1 Å². The van der Waals surface area contributed by atoms with Crippen molar-refractivity contribution in [1.29, 1.82) is 15.8 Å². The molecule has 0 aliphatic heterocycles. The van der Waals surface area contributed by atoms with E-state index in [1.807, 2.05) is 6.07 Å². The minimum Gasteiger partial charge on any atom is -0.506 e. The Balaban J connectivity index is 0.000000360. The van der Waals surface area contributed by atoms with Crippen molar-refractivity contribution in [3.8, 4) is 41.2 Å². The Bertz CT molecular complexity index is 2440. The summed E-state index contributed by atoms with van der Waals surface area (Å²) >= 11 is 6.77. The second-order valence-electron chi connectivity index (χ2n) is 9.39. The largest absolute Gasteiger partial charge is 0.506 e. The number of hydrogen-bond acceptors (Lipinski definition) is 20. The van der Waals surface area contributed by atoms with Gasteiger partial charge < -0.3 is 54.8 Å². The molecule has 2 N–H and O–H groups in total. The summed E-state index contributed by atoms with van der Waals surface area (Å²) in [4.78, 5) is 28.5. The van der Waals surface area contributed by atoms with Gasteiger partial charge in [0.15, 0.2) is 11.5 Å². The molecule has 0 fully saturated rings. The zero-order valence-corrected chi connectivity index (χ0v) is 30.7. The monoisotopic (exact) mass is 824 g/mol. The molecule has 23 heteroatoms. The van der Waals surface area contributed by atoms with Crippen LogP contribution in [0.4, 0.5) is 29.1 Å². The Morgan fingerprint density at radius 2 is 1.13 bits per heavy atom. The number of nitriles is 3. The summed E-state index contributed by atoms with van der Waals surface area (Å²) in [5.74, 6) is 0.290. The summed E-state index contributed by atoms with van der Waals surface area (Å²) < 4.78 is 8.13. The van der Waals surface area contributed by atoms with Crippen molar-refractivity contribution in [2.45, 2.75) is 0 Å². The number of imidazole rings is 2. The van der Waals surface area contributed by atoms with Gasteiger partial charge in [-0.2, -0.15) is 15.8 Å². The van der Waals surface area contributed by atoms with Gasteiger partial charge in [0.1, 0.15) is 52.6 Å². The standard InChI is InChI=1S/C15H9N6O4S.C15H7N6O4S.2CH3.Ni/c1-17-14-11(7-16)18-15(19-14)21-20-13-10-4-3-9(23-24-25-26)6-8(10)2-5-12(13)22;16-6-11-12(7-17)19-15(18-11)21-20-14-10-3-2-9(23-24-25-26)5-8(10)1-4-13(14)22;;;/h2-6H,1H2,(H2-,18,19,20,21,22,26);1-5H,(H2-,18,19,20,21,22,26);2*1H3;/q4*-1;. The van der Waals surface area contributed by atoms with Crippen LogP contribution in [0, 0.1) is 48.8 Å². The summed E-state index contributed by atoms with van der Waals surface area (Å²) in [6.07, 6.45) is 0. The van der Waals surface area contributed by atoms with Gasteiger partial charge in [-0.05, 0) is 76.1 Å². The molecule has 284 valence electrons. The predicted octanol–water partition coefficient (Wildman–Crippen LogP) is 7.64. The van der Waals surface area contributed by atoms with E-state index in [9.17, 15) is 10.2 Å². The molecule has 0 aliphatic carbocycles. The van der Waals surface area contributed by atoms with E-state index in [-0.39, 0.29) is 89.0 Å². The third-order valence-corrected chi connectivity index (χ3v) is 6.55. The molecule has 6 aromatic rings. The summed E-state index contributed by atoms with van der Waals surface area (Å²) in [5.41, 5.74) is 0.0527. The van der Waals surface area contributed by atoms with Crippen LogP contribution in [-0.2, 0) is 35.2 Å². The normalized spacial score (nSPS) is 10.2. The average molecular weight is 825 g/mol. The number of fused-ring (bicyclic) bond motifs is 2. The number of aromatic nitrogens is 4. The number of nitrogens with zero attached hydrogens (tertiary/aromatic N) is 12. The van der Waals surface area contributed by atoms with Gasteiger partial charge in [0.05, 0.1) is 11.4 Å². The van der Waals surface area contributed by atoms with Gasteiger partial charge in [0, 0.05) is 65.0 Å². The zero-order valence-electron chi connectivity index (χ0n) is 27.9. The molecule has 0 bridgehead atoms. The molecule has 0 atom stereocenters. The van der Waals surface area contributed by atoms with Crippen LogP contribution in [0.25, 0.3) is 21.5 Å². The number of rotatable bonds is 11. The smallest absolute Gasteiger partial charge is 0.169 e. The molecule has 0 spiro atoms. The molecule has 2 heterocycles. The maximum Gasteiger partial charge on any atom is 0.169 e. The fraction of sp³-hybridized carbons (Fsp3) is 0. The molecule has 0 saturated carbocycles. The van der Waals surface area contributed by atoms with Gasteiger partial charge in [-0.3, -0.25) is 15.2 Å². The summed E-state index contributed by atoms with van der Waals surface area (Å²) in [6.45, 7) is 3.30. The third-order valence-electron chi connectivity index (χ3n) is 6.43. The van der Waals surface area contributed by atoms with E-state index in [0.29, 0.717) is 33.0 Å². The van der Waals surface area contributed by atoms with E-state index in [1.165, 1.54) is 12.1 Å². The number of aliphatic imine (C=N–C) groups is 1. The molecule has 0 radical (unpaired) electrons. The van der Waals surface area contributed by atoms with Crippen LogP contribution < -0.4 is 19.7 Å². The first kappa shape index (κ1) is 44.6. The Morgan fingerprint density at radius 3 is 1.53 bits per heavy atom. The minimum absolute atomic E-state index is 0. The number of azo groups is 2. The van der Waals surface area contributed by atoms with Crippen molar-refractivity contribution in [2.24, 2.45) is 25.4 Å². The van der Waals surface area contributed by atoms with Gasteiger partial charge >= 0.3 is 0 Å². The van der Waals surface area contributed by atoms with Crippen LogP contribution in [-0.4, -0.2) is 26.9 Å². The first-order chi connectivity index (χ1) is 25.3. The molecular formula is C32H22N12NiO8S2-4. The Morgan fingerprint density at radius 1 is 0.655 bits per heavy atom. The molecule has 0 unspecified atom stereocenters. The molecule has 20 nitrogen and oxygen atoms in total. The Kier molecular flexibility index (Phi) is 17.2. The van der Waals surface area contributed by atoms with Crippen LogP contribution in [0.3, 0.4) is 0 Å². The van der Waals surface area contributed by atoms with E-state index >= 15 is 0 Å². The number of hydrogen-bond donors (Lipinski definition) is 4. The average Bonchev–Trinajstić information content (AvgIpc) is 3.78. The van der Waals surface area contributed by atoms with Crippen LogP contribution in [0.5, 0.6) is 23.0 Å². The number of phenols is 2. The van der Waals surface area contributed by atoms with Crippen molar-refractivity contribution in [2.75, 3.05) is 0 Å². The van der Waals surface area contributed by atoms with E-state index in [4.69, 9.17) is 25.6 Å². The van der Waals surface area contributed by atoms with Crippen LogP contribution in [0.1, 0.15) is 17.1 Å². The van der Waals surface area contributed by atoms with Crippen molar-refractivity contribution < 1.29 is 55.2 Å². The fourth-order valence-electron chi connectivity index (χ4n) is 4.26. The molecular weight excluding hydrogens is 803 g/mol. The van der Waals surface area contributed by atoms with Crippen molar-refractivity contribution in [1.82, 2.24) is 19.9 Å². The molecule has 4 aromatic carbocycles. The number of thiol groups is 2. The third kappa shape index (κ3) is 10.7. The summed E-state index contributed by atoms with van der Waals surface area (Å²) in [5, 5.41) is 73.4. The van der Waals surface area contributed by atoms with Crippen molar-refractivity contribution >= 4 is 83.2 Å². The minimum atomic E-state index is -0.159. The maximum absolute atomic E-state index is 10.1.